The Hall–Kier alpha value is -1.15. The van der Waals surface area contributed by atoms with E-state index in [1.165, 1.54) is 0 Å². The first kappa shape index (κ1) is 9.41. The summed E-state index contributed by atoms with van der Waals surface area (Å²) in [7, 11) is 1.95. The first-order chi connectivity index (χ1) is 6.77. The highest BCUT2D eigenvalue weighted by Gasteiger charge is 2.16. The minimum atomic E-state index is 0.0185. The van der Waals surface area contributed by atoms with Crippen molar-refractivity contribution in [3.63, 3.8) is 0 Å². The number of likely N-dealkylation sites (N-methyl/N-ethyl adjacent to an activating group) is 1. The number of rotatable bonds is 1. The Morgan fingerprint density at radius 1 is 1.21 bits per heavy atom. The molecule has 0 saturated heterocycles. The Balaban J connectivity index is 2.31. The predicted molar refractivity (Wildman–Crippen MR) is 56.6 cm³/mol. The van der Waals surface area contributed by atoms with Gasteiger partial charge in [-0.15, -0.1) is 0 Å². The highest BCUT2D eigenvalue weighted by Crippen LogP contribution is 2.27. The first-order valence-corrected chi connectivity index (χ1v) is 4.89. The average Bonchev–Trinajstić information content (AvgIpc) is 2.19. The molecular formula is C12H14FN. The van der Waals surface area contributed by atoms with Gasteiger partial charge in [-0.2, -0.15) is 0 Å². The minimum Gasteiger partial charge on any atom is -0.299 e. The van der Waals surface area contributed by atoms with Gasteiger partial charge in [0.25, 0.3) is 0 Å². The zero-order chi connectivity index (χ0) is 9.97. The van der Waals surface area contributed by atoms with Crippen LogP contribution in [0, 0.1) is 0 Å². The molecule has 0 amide bonds. The van der Waals surface area contributed by atoms with Gasteiger partial charge in [0, 0.05) is 6.54 Å². The molecule has 0 saturated carbocycles. The normalized spacial score (nSPS) is 18.7. The Labute approximate surface area is 83.9 Å². The molecule has 1 heterocycles. The smallest absolute Gasteiger partial charge is 0.118 e. The molecule has 2 heteroatoms. The summed E-state index contributed by atoms with van der Waals surface area (Å²) >= 11 is 0. The molecule has 1 aromatic carbocycles. The van der Waals surface area contributed by atoms with Gasteiger partial charge in [-0.3, -0.25) is 4.90 Å². The molecule has 2 rings (SSSR count). The van der Waals surface area contributed by atoms with Crippen LogP contribution in [-0.4, -0.2) is 25.0 Å². The summed E-state index contributed by atoms with van der Waals surface area (Å²) in [6.45, 7) is 1.39. The van der Waals surface area contributed by atoms with Gasteiger partial charge in [0.15, 0.2) is 0 Å². The molecule has 74 valence electrons. The van der Waals surface area contributed by atoms with Gasteiger partial charge in [-0.1, -0.05) is 30.3 Å². The second kappa shape index (κ2) is 3.93. The number of hydrogen-bond acceptors (Lipinski definition) is 1. The summed E-state index contributed by atoms with van der Waals surface area (Å²) in [6, 6.07) is 9.80. The van der Waals surface area contributed by atoms with Crippen LogP contribution >= 0.6 is 0 Å². The van der Waals surface area contributed by atoms with Crippen LogP contribution < -0.4 is 0 Å². The van der Waals surface area contributed by atoms with E-state index in [4.69, 9.17) is 0 Å². The van der Waals surface area contributed by atoms with Crippen LogP contribution in [0.25, 0.3) is 5.57 Å². The number of nitrogens with zero attached hydrogens (tertiary/aromatic N) is 1. The van der Waals surface area contributed by atoms with Crippen molar-refractivity contribution >= 4 is 5.57 Å². The van der Waals surface area contributed by atoms with E-state index >= 15 is 0 Å². The van der Waals surface area contributed by atoms with Gasteiger partial charge in [0.1, 0.15) is 5.83 Å². The fourth-order valence-corrected chi connectivity index (χ4v) is 1.79. The van der Waals surface area contributed by atoms with E-state index < -0.39 is 0 Å². The summed E-state index contributed by atoms with van der Waals surface area (Å²) in [5.74, 6) is 0.0185. The van der Waals surface area contributed by atoms with Crippen LogP contribution in [-0.2, 0) is 0 Å². The third-order valence-electron chi connectivity index (χ3n) is 2.60. The quantitative estimate of drug-likeness (QED) is 0.659. The lowest BCUT2D eigenvalue weighted by Gasteiger charge is -2.23. The highest BCUT2D eigenvalue weighted by molar-refractivity contribution is 5.68. The van der Waals surface area contributed by atoms with E-state index in [-0.39, 0.29) is 5.83 Å². The lowest BCUT2D eigenvalue weighted by atomic mass is 9.99. The van der Waals surface area contributed by atoms with Gasteiger partial charge in [0.05, 0.1) is 6.54 Å². The second-order valence-corrected chi connectivity index (χ2v) is 3.74. The molecule has 0 spiro atoms. The Morgan fingerprint density at radius 2 is 1.93 bits per heavy atom. The number of hydrogen-bond donors (Lipinski definition) is 0. The first-order valence-electron chi connectivity index (χ1n) is 4.89. The third-order valence-corrected chi connectivity index (χ3v) is 2.60. The standard InChI is InChI=1S/C12H14FN/c1-14-8-7-11(12(13)9-14)10-5-3-2-4-6-10/h2-6H,7-9H2,1H3. The highest BCUT2D eigenvalue weighted by atomic mass is 19.1. The molecule has 0 bridgehead atoms. The molecule has 0 fully saturated rings. The number of benzene rings is 1. The molecule has 1 aliphatic rings. The fourth-order valence-electron chi connectivity index (χ4n) is 1.79. The van der Waals surface area contributed by atoms with Crippen molar-refractivity contribution < 1.29 is 4.39 Å². The maximum atomic E-state index is 13.6. The van der Waals surface area contributed by atoms with Crippen molar-refractivity contribution in [1.29, 1.82) is 0 Å². The summed E-state index contributed by atoms with van der Waals surface area (Å²) in [5.41, 5.74) is 1.90. The molecule has 0 aliphatic carbocycles. The molecular weight excluding hydrogens is 177 g/mol. The van der Waals surface area contributed by atoms with E-state index in [0.717, 1.165) is 24.1 Å². The molecule has 1 aliphatic heterocycles. The van der Waals surface area contributed by atoms with Gasteiger partial charge >= 0.3 is 0 Å². The van der Waals surface area contributed by atoms with Crippen molar-refractivity contribution in [3.8, 4) is 0 Å². The zero-order valence-electron chi connectivity index (χ0n) is 8.33. The van der Waals surface area contributed by atoms with Crippen LogP contribution in [0.2, 0.25) is 0 Å². The third kappa shape index (κ3) is 1.85. The van der Waals surface area contributed by atoms with Crippen molar-refractivity contribution in [3.05, 3.63) is 41.7 Å². The van der Waals surface area contributed by atoms with E-state index in [2.05, 4.69) is 0 Å². The van der Waals surface area contributed by atoms with Crippen LogP contribution in [0.4, 0.5) is 4.39 Å². The molecule has 0 unspecified atom stereocenters. The zero-order valence-corrected chi connectivity index (χ0v) is 8.33. The molecule has 0 N–H and O–H groups in total. The Kier molecular flexibility index (Phi) is 2.64. The van der Waals surface area contributed by atoms with Crippen molar-refractivity contribution in [2.45, 2.75) is 6.42 Å². The van der Waals surface area contributed by atoms with E-state index in [0.29, 0.717) is 6.54 Å². The van der Waals surface area contributed by atoms with Crippen LogP contribution in [0.3, 0.4) is 0 Å². The van der Waals surface area contributed by atoms with Crippen LogP contribution in [0.5, 0.6) is 0 Å². The predicted octanol–water partition coefficient (Wildman–Crippen LogP) is 2.70. The molecule has 0 atom stereocenters. The van der Waals surface area contributed by atoms with Crippen molar-refractivity contribution in [2.24, 2.45) is 0 Å². The number of halogens is 1. The molecule has 1 aromatic rings. The van der Waals surface area contributed by atoms with E-state index in [1.807, 2.05) is 42.3 Å². The van der Waals surface area contributed by atoms with E-state index in [9.17, 15) is 4.39 Å². The SMILES string of the molecule is CN1CCC(c2ccccc2)=C(F)C1. The molecule has 1 nitrogen and oxygen atoms in total. The maximum absolute atomic E-state index is 13.6. The lowest BCUT2D eigenvalue weighted by molar-refractivity contribution is 0.327. The largest absolute Gasteiger partial charge is 0.299 e. The van der Waals surface area contributed by atoms with Gasteiger partial charge < -0.3 is 0 Å². The van der Waals surface area contributed by atoms with Crippen LogP contribution in [0.15, 0.2) is 36.2 Å². The summed E-state index contributed by atoms with van der Waals surface area (Å²) in [4.78, 5) is 2.00. The maximum Gasteiger partial charge on any atom is 0.118 e. The van der Waals surface area contributed by atoms with Crippen molar-refractivity contribution in [2.75, 3.05) is 20.1 Å². The van der Waals surface area contributed by atoms with Crippen molar-refractivity contribution in [1.82, 2.24) is 4.90 Å². The average molecular weight is 191 g/mol. The summed E-state index contributed by atoms with van der Waals surface area (Å²) in [6.07, 6.45) is 0.812. The Morgan fingerprint density at radius 3 is 2.57 bits per heavy atom. The second-order valence-electron chi connectivity index (χ2n) is 3.74. The Bertz CT molecular complexity index is 343. The van der Waals surface area contributed by atoms with Gasteiger partial charge in [-0.05, 0) is 24.6 Å². The van der Waals surface area contributed by atoms with E-state index in [1.54, 1.807) is 0 Å². The molecule has 0 radical (unpaired) electrons. The molecule has 14 heavy (non-hydrogen) atoms. The minimum absolute atomic E-state index is 0.0185. The van der Waals surface area contributed by atoms with Gasteiger partial charge in [0.2, 0.25) is 0 Å². The molecule has 0 aromatic heterocycles. The summed E-state index contributed by atoms with van der Waals surface area (Å²) < 4.78 is 13.6. The monoisotopic (exact) mass is 191 g/mol. The fraction of sp³-hybridized carbons (Fsp3) is 0.333. The van der Waals surface area contributed by atoms with Crippen LogP contribution in [0.1, 0.15) is 12.0 Å². The van der Waals surface area contributed by atoms with Gasteiger partial charge in [-0.25, -0.2) is 4.39 Å². The summed E-state index contributed by atoms with van der Waals surface area (Å²) in [5, 5.41) is 0. The lowest BCUT2D eigenvalue weighted by Crippen LogP contribution is -2.26. The topological polar surface area (TPSA) is 3.24 Å².